The average Bonchev–Trinajstić information content (AvgIpc) is 3.42. The number of aromatic nitrogens is 5. The third-order valence-electron chi connectivity index (χ3n) is 5.07. The van der Waals surface area contributed by atoms with Crippen molar-refractivity contribution in [2.75, 3.05) is 31.1 Å². The summed E-state index contributed by atoms with van der Waals surface area (Å²) >= 11 is 6.54. The van der Waals surface area contributed by atoms with E-state index in [9.17, 15) is 0 Å². The van der Waals surface area contributed by atoms with Crippen molar-refractivity contribution >= 4 is 28.5 Å². The van der Waals surface area contributed by atoms with E-state index in [1.807, 2.05) is 26.0 Å². The lowest BCUT2D eigenvalue weighted by Gasteiger charge is -2.36. The van der Waals surface area contributed by atoms with Gasteiger partial charge in [0.05, 0.1) is 22.6 Å². The van der Waals surface area contributed by atoms with Crippen LogP contribution in [0, 0.1) is 13.8 Å². The second-order valence-corrected chi connectivity index (χ2v) is 7.66. The highest BCUT2D eigenvalue weighted by Crippen LogP contribution is 2.34. The summed E-state index contributed by atoms with van der Waals surface area (Å²) < 4.78 is 10.3. The fraction of sp³-hybridized carbons (Fsp3) is 0.368. The summed E-state index contributed by atoms with van der Waals surface area (Å²) in [7, 11) is 0. The van der Waals surface area contributed by atoms with Crippen molar-refractivity contribution in [1.82, 2.24) is 30.2 Å². The molecule has 0 unspecified atom stereocenters. The first-order valence-corrected chi connectivity index (χ1v) is 9.82. The largest absolute Gasteiger partial charge is 0.366 e. The molecule has 5 rings (SSSR count). The number of nitrogens with zero attached hydrogens (tertiary/aromatic N) is 6. The van der Waals surface area contributed by atoms with E-state index in [2.05, 4.69) is 35.1 Å². The molecule has 0 spiro atoms. The molecule has 10 heteroatoms. The maximum absolute atomic E-state index is 6.54. The topological polar surface area (TPSA) is 100 Å². The van der Waals surface area contributed by atoms with Crippen LogP contribution in [0.3, 0.4) is 0 Å². The van der Waals surface area contributed by atoms with E-state index in [4.69, 9.17) is 20.6 Å². The van der Waals surface area contributed by atoms with E-state index in [-0.39, 0.29) is 0 Å². The number of aromatic amines is 1. The second-order valence-electron chi connectivity index (χ2n) is 7.25. The zero-order valence-corrected chi connectivity index (χ0v) is 16.9. The SMILES string of the molecule is Cc1cc(CN2CCN(c3c(Cl)cnc4nc(-c5cc(C)on5)[nH]c34)CC2)no1. The highest BCUT2D eigenvalue weighted by Gasteiger charge is 2.24. The first-order valence-electron chi connectivity index (χ1n) is 9.44. The standard InChI is InChI=1S/C19H20ClN7O2/c1-11-7-13(24-28-11)10-26-3-5-27(6-4-26)17-14(20)9-21-19-16(17)22-18(23-19)15-8-12(2)29-25-15/h7-9H,3-6,10H2,1-2H3,(H,21,22,23). The van der Waals surface area contributed by atoms with E-state index in [1.54, 1.807) is 6.20 Å². The van der Waals surface area contributed by atoms with Gasteiger partial charge in [0.2, 0.25) is 0 Å². The number of imidazole rings is 1. The van der Waals surface area contributed by atoms with Crippen molar-refractivity contribution < 1.29 is 9.05 Å². The minimum Gasteiger partial charge on any atom is -0.366 e. The van der Waals surface area contributed by atoms with Crippen LogP contribution >= 0.6 is 11.6 Å². The lowest BCUT2D eigenvalue weighted by molar-refractivity contribution is 0.242. The molecule has 1 fully saturated rings. The molecule has 0 bridgehead atoms. The second kappa shape index (κ2) is 7.16. The molecule has 1 aliphatic heterocycles. The predicted molar refractivity (Wildman–Crippen MR) is 108 cm³/mol. The maximum atomic E-state index is 6.54. The third-order valence-corrected chi connectivity index (χ3v) is 5.35. The molecule has 150 valence electrons. The Hall–Kier alpha value is -2.91. The Kier molecular flexibility index (Phi) is 4.48. The number of halogens is 1. The first kappa shape index (κ1) is 18.1. The number of hydrogen-bond acceptors (Lipinski definition) is 8. The van der Waals surface area contributed by atoms with Gasteiger partial charge in [-0.15, -0.1) is 0 Å². The molecule has 29 heavy (non-hydrogen) atoms. The van der Waals surface area contributed by atoms with Gasteiger partial charge >= 0.3 is 0 Å². The Bertz CT molecular complexity index is 1160. The quantitative estimate of drug-likeness (QED) is 0.544. The van der Waals surface area contributed by atoms with Gasteiger partial charge in [-0.25, -0.2) is 9.97 Å². The minimum atomic E-state index is 0.601. The van der Waals surface area contributed by atoms with Gasteiger partial charge in [0, 0.05) is 44.9 Å². The van der Waals surface area contributed by atoms with Crippen LogP contribution in [0.15, 0.2) is 27.4 Å². The van der Waals surface area contributed by atoms with Gasteiger partial charge in [-0.3, -0.25) is 4.90 Å². The molecule has 4 aromatic heterocycles. The van der Waals surface area contributed by atoms with Crippen LogP contribution in [0.5, 0.6) is 0 Å². The Morgan fingerprint density at radius 2 is 1.83 bits per heavy atom. The Labute approximate surface area is 171 Å². The summed E-state index contributed by atoms with van der Waals surface area (Å²) in [5.41, 5.74) is 3.96. The van der Waals surface area contributed by atoms with E-state index in [0.29, 0.717) is 22.2 Å². The van der Waals surface area contributed by atoms with Crippen molar-refractivity contribution in [1.29, 1.82) is 0 Å². The normalized spacial score (nSPS) is 15.5. The Balaban J connectivity index is 1.38. The van der Waals surface area contributed by atoms with Crippen LogP contribution in [0.2, 0.25) is 5.02 Å². The number of aryl methyl sites for hydroxylation is 2. The zero-order chi connectivity index (χ0) is 20.0. The molecule has 4 aromatic rings. The maximum Gasteiger partial charge on any atom is 0.180 e. The van der Waals surface area contributed by atoms with Crippen molar-refractivity contribution in [2.24, 2.45) is 0 Å². The van der Waals surface area contributed by atoms with E-state index >= 15 is 0 Å². The number of hydrogen-bond donors (Lipinski definition) is 1. The molecule has 0 amide bonds. The van der Waals surface area contributed by atoms with Crippen LogP contribution in [0.25, 0.3) is 22.7 Å². The van der Waals surface area contributed by atoms with Crippen LogP contribution in [0.1, 0.15) is 17.2 Å². The summed E-state index contributed by atoms with van der Waals surface area (Å²) in [6.45, 7) is 8.01. The summed E-state index contributed by atoms with van der Waals surface area (Å²) in [5, 5.41) is 8.72. The average molecular weight is 414 g/mol. The molecule has 0 atom stereocenters. The number of anilines is 1. The molecular weight excluding hydrogens is 394 g/mol. The van der Waals surface area contributed by atoms with Crippen LogP contribution in [-0.4, -0.2) is 56.3 Å². The summed E-state index contributed by atoms with van der Waals surface area (Å²) in [6.07, 6.45) is 1.66. The number of rotatable bonds is 4. The molecule has 9 nitrogen and oxygen atoms in total. The van der Waals surface area contributed by atoms with E-state index in [1.165, 1.54) is 0 Å². The highest BCUT2D eigenvalue weighted by molar-refractivity contribution is 6.34. The zero-order valence-electron chi connectivity index (χ0n) is 16.1. The summed E-state index contributed by atoms with van der Waals surface area (Å²) in [5.74, 6) is 2.18. The van der Waals surface area contributed by atoms with Crippen molar-refractivity contribution in [3.05, 3.63) is 40.6 Å². The van der Waals surface area contributed by atoms with Crippen molar-refractivity contribution in [2.45, 2.75) is 20.4 Å². The van der Waals surface area contributed by atoms with Crippen LogP contribution in [0.4, 0.5) is 5.69 Å². The fourth-order valence-corrected chi connectivity index (χ4v) is 3.94. The van der Waals surface area contributed by atoms with Gasteiger partial charge in [-0.05, 0) is 13.8 Å². The number of pyridine rings is 1. The van der Waals surface area contributed by atoms with Crippen molar-refractivity contribution in [3.8, 4) is 11.5 Å². The number of piperazine rings is 1. The van der Waals surface area contributed by atoms with E-state index in [0.717, 1.165) is 61.1 Å². The molecule has 5 heterocycles. The molecular formula is C19H20ClN7O2. The number of nitrogens with one attached hydrogen (secondary N) is 1. The fourth-order valence-electron chi connectivity index (χ4n) is 3.68. The van der Waals surface area contributed by atoms with Crippen LogP contribution in [-0.2, 0) is 6.54 Å². The highest BCUT2D eigenvalue weighted by atomic mass is 35.5. The summed E-state index contributed by atoms with van der Waals surface area (Å²) in [4.78, 5) is 16.9. The lowest BCUT2D eigenvalue weighted by atomic mass is 10.2. The molecule has 1 N–H and O–H groups in total. The number of fused-ring (bicyclic) bond motifs is 1. The third kappa shape index (κ3) is 3.47. The molecule has 0 aliphatic carbocycles. The molecule has 1 aliphatic rings. The van der Waals surface area contributed by atoms with Gasteiger partial charge in [0.1, 0.15) is 22.7 Å². The van der Waals surface area contributed by atoms with Gasteiger partial charge in [0.15, 0.2) is 11.5 Å². The van der Waals surface area contributed by atoms with Gasteiger partial charge in [-0.1, -0.05) is 21.9 Å². The monoisotopic (exact) mass is 413 g/mol. The van der Waals surface area contributed by atoms with Gasteiger partial charge in [-0.2, -0.15) is 0 Å². The molecule has 0 saturated carbocycles. The smallest absolute Gasteiger partial charge is 0.180 e. The molecule has 0 radical (unpaired) electrons. The van der Waals surface area contributed by atoms with Crippen molar-refractivity contribution in [3.63, 3.8) is 0 Å². The minimum absolute atomic E-state index is 0.601. The van der Waals surface area contributed by atoms with E-state index < -0.39 is 0 Å². The molecule has 1 saturated heterocycles. The molecule has 0 aromatic carbocycles. The lowest BCUT2D eigenvalue weighted by Crippen LogP contribution is -2.46. The Morgan fingerprint density at radius 3 is 2.52 bits per heavy atom. The van der Waals surface area contributed by atoms with Crippen LogP contribution < -0.4 is 4.90 Å². The predicted octanol–water partition coefficient (Wildman–Crippen LogP) is 3.19. The first-order chi connectivity index (χ1) is 14.1. The van der Waals surface area contributed by atoms with Gasteiger partial charge < -0.3 is 18.9 Å². The van der Waals surface area contributed by atoms with Gasteiger partial charge in [0.25, 0.3) is 0 Å². The number of H-pyrrole nitrogens is 1. The summed E-state index contributed by atoms with van der Waals surface area (Å²) in [6, 6.07) is 3.82. The Morgan fingerprint density at radius 1 is 1.07 bits per heavy atom.